The molecule has 0 radical (unpaired) electrons. The Balaban J connectivity index is 1.91. The first-order valence-corrected chi connectivity index (χ1v) is 6.19. The molecule has 1 fully saturated rings. The summed E-state index contributed by atoms with van der Waals surface area (Å²) >= 11 is 0. The predicted octanol–water partition coefficient (Wildman–Crippen LogP) is 1.50. The van der Waals surface area contributed by atoms with Crippen LogP contribution in [0.4, 0.5) is 0 Å². The summed E-state index contributed by atoms with van der Waals surface area (Å²) in [6.07, 6.45) is 4.00. The highest BCUT2D eigenvalue weighted by atomic mass is 16.5. The minimum atomic E-state index is -0.330. The molecule has 1 amide bonds. The summed E-state index contributed by atoms with van der Waals surface area (Å²) in [5, 5.41) is 0. The summed E-state index contributed by atoms with van der Waals surface area (Å²) in [6, 6.07) is 1.73. The number of carbonyl (C=O) groups excluding carboxylic acids is 1. The maximum atomic E-state index is 12.1. The lowest BCUT2D eigenvalue weighted by Gasteiger charge is -2.25. The Morgan fingerprint density at radius 3 is 2.89 bits per heavy atom. The van der Waals surface area contributed by atoms with Crippen LogP contribution in [0.3, 0.4) is 0 Å². The molecule has 1 unspecified atom stereocenters. The molecule has 0 N–H and O–H groups in total. The van der Waals surface area contributed by atoms with Gasteiger partial charge in [-0.15, -0.1) is 0 Å². The van der Waals surface area contributed by atoms with Crippen LogP contribution in [0.25, 0.3) is 0 Å². The molecule has 0 aromatic carbocycles. The molecular weight excluding hydrogens is 230 g/mol. The molecule has 0 saturated carbocycles. The first-order chi connectivity index (χ1) is 8.47. The minimum absolute atomic E-state index is 0.0335. The zero-order chi connectivity index (χ0) is 13.2. The van der Waals surface area contributed by atoms with Gasteiger partial charge in [-0.1, -0.05) is 20.8 Å². The number of hydrogen-bond donors (Lipinski definition) is 0. The van der Waals surface area contributed by atoms with E-state index in [1.54, 1.807) is 12.3 Å². The molecule has 5 heteroatoms. The second kappa shape index (κ2) is 4.92. The first kappa shape index (κ1) is 12.8. The molecule has 98 valence electrons. The van der Waals surface area contributed by atoms with E-state index in [9.17, 15) is 4.79 Å². The number of aromatic nitrogens is 2. The monoisotopic (exact) mass is 249 g/mol. The second-order valence-electron chi connectivity index (χ2n) is 5.58. The first-order valence-electron chi connectivity index (χ1n) is 6.19. The van der Waals surface area contributed by atoms with Crippen molar-refractivity contribution in [2.45, 2.75) is 33.3 Å². The Kier molecular flexibility index (Phi) is 3.50. The lowest BCUT2D eigenvalue weighted by molar-refractivity contribution is -0.138. The van der Waals surface area contributed by atoms with Gasteiger partial charge < -0.3 is 9.64 Å². The van der Waals surface area contributed by atoms with Crippen LogP contribution >= 0.6 is 0 Å². The van der Waals surface area contributed by atoms with Gasteiger partial charge in [-0.3, -0.25) is 4.79 Å². The number of carbonyl (C=O) groups is 1. The largest absolute Gasteiger partial charge is 0.472 e. The SMILES string of the molecule is CC(C)(C)C(=O)N1CCC(Oc2ccncn2)C1. The zero-order valence-electron chi connectivity index (χ0n) is 11.1. The molecule has 1 aliphatic rings. The van der Waals surface area contributed by atoms with Crippen LogP contribution in [-0.4, -0.2) is 40.0 Å². The molecular formula is C13H19N3O2. The topological polar surface area (TPSA) is 55.3 Å². The third-order valence-electron chi connectivity index (χ3n) is 2.92. The van der Waals surface area contributed by atoms with Gasteiger partial charge in [-0.05, 0) is 0 Å². The van der Waals surface area contributed by atoms with E-state index in [2.05, 4.69) is 9.97 Å². The number of likely N-dealkylation sites (tertiary alicyclic amines) is 1. The molecule has 1 aliphatic heterocycles. The fraction of sp³-hybridized carbons (Fsp3) is 0.615. The highest BCUT2D eigenvalue weighted by Crippen LogP contribution is 2.22. The van der Waals surface area contributed by atoms with Crippen LogP contribution in [-0.2, 0) is 4.79 Å². The second-order valence-corrected chi connectivity index (χ2v) is 5.58. The predicted molar refractivity (Wildman–Crippen MR) is 67.1 cm³/mol. The van der Waals surface area contributed by atoms with Crippen molar-refractivity contribution in [3.05, 3.63) is 18.6 Å². The summed E-state index contributed by atoms with van der Waals surface area (Å²) in [5.41, 5.74) is -0.330. The number of hydrogen-bond acceptors (Lipinski definition) is 4. The average Bonchev–Trinajstić information content (AvgIpc) is 2.76. The van der Waals surface area contributed by atoms with Gasteiger partial charge in [0.2, 0.25) is 11.8 Å². The van der Waals surface area contributed by atoms with Gasteiger partial charge in [0.15, 0.2) is 0 Å². The van der Waals surface area contributed by atoms with Gasteiger partial charge in [-0.2, -0.15) is 0 Å². The van der Waals surface area contributed by atoms with Gasteiger partial charge in [0.1, 0.15) is 12.4 Å². The minimum Gasteiger partial charge on any atom is -0.472 e. The van der Waals surface area contributed by atoms with E-state index in [1.807, 2.05) is 25.7 Å². The molecule has 1 aromatic rings. The molecule has 0 aliphatic carbocycles. The summed E-state index contributed by atoms with van der Waals surface area (Å²) in [7, 11) is 0. The average molecular weight is 249 g/mol. The zero-order valence-corrected chi connectivity index (χ0v) is 11.1. The maximum absolute atomic E-state index is 12.1. The quantitative estimate of drug-likeness (QED) is 0.797. The van der Waals surface area contributed by atoms with Crippen LogP contribution in [0.15, 0.2) is 18.6 Å². The number of ether oxygens (including phenoxy) is 1. The molecule has 0 spiro atoms. The van der Waals surface area contributed by atoms with E-state index in [4.69, 9.17) is 4.74 Å². The molecule has 1 aromatic heterocycles. The number of amides is 1. The Morgan fingerprint density at radius 2 is 2.28 bits per heavy atom. The normalized spacial score (nSPS) is 19.9. The van der Waals surface area contributed by atoms with Crippen molar-refractivity contribution in [2.75, 3.05) is 13.1 Å². The number of nitrogens with zero attached hydrogens (tertiary/aromatic N) is 3. The summed E-state index contributed by atoms with van der Waals surface area (Å²) in [5.74, 6) is 0.747. The van der Waals surface area contributed by atoms with Crippen molar-refractivity contribution >= 4 is 5.91 Å². The van der Waals surface area contributed by atoms with Crippen LogP contribution in [0.5, 0.6) is 5.88 Å². The van der Waals surface area contributed by atoms with E-state index < -0.39 is 0 Å². The van der Waals surface area contributed by atoms with E-state index in [-0.39, 0.29) is 17.4 Å². The Bertz CT molecular complexity index is 414. The van der Waals surface area contributed by atoms with E-state index in [0.29, 0.717) is 12.4 Å². The molecule has 5 nitrogen and oxygen atoms in total. The van der Waals surface area contributed by atoms with Crippen molar-refractivity contribution in [3.8, 4) is 5.88 Å². The third kappa shape index (κ3) is 2.97. The lowest BCUT2D eigenvalue weighted by atomic mass is 9.95. The third-order valence-corrected chi connectivity index (χ3v) is 2.92. The molecule has 1 atom stereocenters. The number of rotatable bonds is 2. The van der Waals surface area contributed by atoms with Crippen molar-refractivity contribution in [1.29, 1.82) is 0 Å². The van der Waals surface area contributed by atoms with Gasteiger partial charge in [0.25, 0.3) is 0 Å². The molecule has 1 saturated heterocycles. The van der Waals surface area contributed by atoms with Crippen molar-refractivity contribution < 1.29 is 9.53 Å². The molecule has 0 bridgehead atoms. The van der Waals surface area contributed by atoms with Crippen LogP contribution in [0.1, 0.15) is 27.2 Å². The van der Waals surface area contributed by atoms with Gasteiger partial charge in [-0.25, -0.2) is 9.97 Å². The highest BCUT2D eigenvalue weighted by Gasteiger charge is 2.33. The van der Waals surface area contributed by atoms with E-state index in [0.717, 1.165) is 13.0 Å². The summed E-state index contributed by atoms with van der Waals surface area (Å²) in [6.45, 7) is 7.21. The molecule has 2 rings (SSSR count). The van der Waals surface area contributed by atoms with Gasteiger partial charge >= 0.3 is 0 Å². The lowest BCUT2D eigenvalue weighted by Crippen LogP contribution is -2.38. The Hall–Kier alpha value is -1.65. The smallest absolute Gasteiger partial charge is 0.228 e. The highest BCUT2D eigenvalue weighted by molar-refractivity contribution is 5.81. The van der Waals surface area contributed by atoms with Gasteiger partial charge in [0.05, 0.1) is 6.54 Å². The summed E-state index contributed by atoms with van der Waals surface area (Å²) in [4.78, 5) is 21.8. The van der Waals surface area contributed by atoms with E-state index >= 15 is 0 Å². The maximum Gasteiger partial charge on any atom is 0.228 e. The van der Waals surface area contributed by atoms with E-state index in [1.165, 1.54) is 6.33 Å². The van der Waals surface area contributed by atoms with Crippen LogP contribution in [0.2, 0.25) is 0 Å². The fourth-order valence-corrected chi connectivity index (χ4v) is 2.00. The van der Waals surface area contributed by atoms with Crippen molar-refractivity contribution in [1.82, 2.24) is 14.9 Å². The van der Waals surface area contributed by atoms with Crippen molar-refractivity contribution in [2.24, 2.45) is 5.41 Å². The molecule has 2 heterocycles. The van der Waals surface area contributed by atoms with Gasteiger partial charge in [0, 0.05) is 30.6 Å². The summed E-state index contributed by atoms with van der Waals surface area (Å²) < 4.78 is 5.72. The van der Waals surface area contributed by atoms with Crippen LogP contribution < -0.4 is 4.74 Å². The fourth-order valence-electron chi connectivity index (χ4n) is 2.00. The van der Waals surface area contributed by atoms with Crippen molar-refractivity contribution in [3.63, 3.8) is 0 Å². The molecule has 18 heavy (non-hydrogen) atoms. The Labute approximate surface area is 107 Å². The van der Waals surface area contributed by atoms with Crippen LogP contribution in [0, 0.1) is 5.41 Å². The standard InChI is InChI=1S/C13H19N3O2/c1-13(2,3)12(17)16-7-5-10(8-16)18-11-4-6-14-9-15-11/h4,6,9-10H,5,7-8H2,1-3H3. The Morgan fingerprint density at radius 1 is 1.50 bits per heavy atom.